The standard InChI is InChI=1S/C13H15F2N3/c1-6(2)9-5-10(18-16)11-12(15)7(3)4-8(14)13(11)17-9/h4-6H,16H2,1-3H3,(H,17,18). The third kappa shape index (κ3) is 1.90. The molecule has 0 unspecified atom stereocenters. The molecule has 0 bridgehead atoms. The van der Waals surface area contributed by atoms with E-state index in [1.165, 1.54) is 6.92 Å². The molecular weight excluding hydrogens is 236 g/mol. The molecule has 2 aromatic rings. The van der Waals surface area contributed by atoms with Gasteiger partial charge in [-0.2, -0.15) is 0 Å². The van der Waals surface area contributed by atoms with Crippen molar-refractivity contribution in [3.63, 3.8) is 0 Å². The third-order valence-corrected chi connectivity index (χ3v) is 2.92. The molecule has 0 spiro atoms. The predicted octanol–water partition coefficient (Wildman–Crippen LogP) is 3.23. The summed E-state index contributed by atoms with van der Waals surface area (Å²) in [5.41, 5.74) is 3.67. The summed E-state index contributed by atoms with van der Waals surface area (Å²) < 4.78 is 27.9. The van der Waals surface area contributed by atoms with Gasteiger partial charge in [0.2, 0.25) is 0 Å². The van der Waals surface area contributed by atoms with E-state index in [9.17, 15) is 8.78 Å². The number of pyridine rings is 1. The largest absolute Gasteiger partial charge is 0.323 e. The van der Waals surface area contributed by atoms with E-state index >= 15 is 0 Å². The lowest BCUT2D eigenvalue weighted by atomic mass is 10.0. The zero-order valence-corrected chi connectivity index (χ0v) is 10.5. The van der Waals surface area contributed by atoms with Gasteiger partial charge < -0.3 is 5.43 Å². The Morgan fingerprint density at radius 3 is 2.50 bits per heavy atom. The minimum Gasteiger partial charge on any atom is -0.323 e. The van der Waals surface area contributed by atoms with Crippen molar-refractivity contribution in [2.75, 3.05) is 5.43 Å². The number of nitrogens with two attached hydrogens (primary N) is 1. The molecule has 18 heavy (non-hydrogen) atoms. The normalized spacial score (nSPS) is 11.3. The SMILES string of the molecule is Cc1cc(F)c2nc(C(C)C)cc(NN)c2c1F. The van der Waals surface area contributed by atoms with Crippen LogP contribution in [0.4, 0.5) is 14.5 Å². The molecule has 0 radical (unpaired) electrons. The molecule has 0 aliphatic carbocycles. The maximum atomic E-state index is 14.1. The van der Waals surface area contributed by atoms with Crippen LogP contribution in [0.5, 0.6) is 0 Å². The summed E-state index contributed by atoms with van der Waals surface area (Å²) in [5, 5.41) is 0.0967. The summed E-state index contributed by atoms with van der Waals surface area (Å²) >= 11 is 0. The molecule has 5 heteroatoms. The quantitative estimate of drug-likeness (QED) is 0.636. The van der Waals surface area contributed by atoms with Crippen molar-refractivity contribution in [1.29, 1.82) is 0 Å². The van der Waals surface area contributed by atoms with Crippen LogP contribution in [0.25, 0.3) is 10.9 Å². The lowest BCUT2D eigenvalue weighted by molar-refractivity contribution is 0.607. The number of halogens is 2. The van der Waals surface area contributed by atoms with Gasteiger partial charge in [0.1, 0.15) is 17.2 Å². The van der Waals surface area contributed by atoms with Crippen molar-refractivity contribution >= 4 is 16.6 Å². The van der Waals surface area contributed by atoms with Crippen molar-refractivity contribution in [2.45, 2.75) is 26.7 Å². The van der Waals surface area contributed by atoms with Gasteiger partial charge in [0.25, 0.3) is 0 Å². The van der Waals surface area contributed by atoms with Crippen molar-refractivity contribution in [3.05, 3.63) is 35.0 Å². The van der Waals surface area contributed by atoms with Crippen LogP contribution >= 0.6 is 0 Å². The van der Waals surface area contributed by atoms with Crippen molar-refractivity contribution in [1.82, 2.24) is 4.98 Å². The Hall–Kier alpha value is -1.75. The van der Waals surface area contributed by atoms with E-state index < -0.39 is 11.6 Å². The average molecular weight is 251 g/mol. The second kappa shape index (κ2) is 4.49. The van der Waals surface area contributed by atoms with Crippen molar-refractivity contribution < 1.29 is 8.78 Å². The van der Waals surface area contributed by atoms with E-state index in [2.05, 4.69) is 10.4 Å². The number of benzene rings is 1. The fourth-order valence-corrected chi connectivity index (χ4v) is 1.89. The summed E-state index contributed by atoms with van der Waals surface area (Å²) in [4.78, 5) is 4.17. The number of hydrogen-bond acceptors (Lipinski definition) is 3. The highest BCUT2D eigenvalue weighted by Gasteiger charge is 2.16. The molecule has 0 saturated heterocycles. The van der Waals surface area contributed by atoms with Gasteiger partial charge in [-0.1, -0.05) is 13.8 Å². The first-order valence-electron chi connectivity index (χ1n) is 5.71. The summed E-state index contributed by atoms with van der Waals surface area (Å²) in [7, 11) is 0. The van der Waals surface area contributed by atoms with E-state index in [4.69, 9.17) is 5.84 Å². The van der Waals surface area contributed by atoms with Crippen LogP contribution < -0.4 is 11.3 Å². The minimum atomic E-state index is -0.539. The Kier molecular flexibility index (Phi) is 3.17. The first-order chi connectivity index (χ1) is 8.45. The molecule has 0 amide bonds. The van der Waals surface area contributed by atoms with Gasteiger partial charge in [0.15, 0.2) is 0 Å². The first-order valence-corrected chi connectivity index (χ1v) is 5.71. The molecule has 0 fully saturated rings. The monoisotopic (exact) mass is 251 g/mol. The predicted molar refractivity (Wildman–Crippen MR) is 68.3 cm³/mol. The van der Waals surface area contributed by atoms with E-state index in [0.29, 0.717) is 11.4 Å². The van der Waals surface area contributed by atoms with Gasteiger partial charge in [-0.3, -0.25) is 5.84 Å². The van der Waals surface area contributed by atoms with Crippen molar-refractivity contribution in [3.8, 4) is 0 Å². The summed E-state index contributed by atoms with van der Waals surface area (Å²) in [5.74, 6) is 4.45. The molecule has 1 aromatic carbocycles. The molecule has 1 aromatic heterocycles. The van der Waals surface area contributed by atoms with Gasteiger partial charge >= 0.3 is 0 Å². The molecule has 3 nitrogen and oxygen atoms in total. The zero-order chi connectivity index (χ0) is 13.4. The number of aromatic nitrogens is 1. The van der Waals surface area contributed by atoms with E-state index in [1.807, 2.05) is 13.8 Å². The van der Waals surface area contributed by atoms with Crippen LogP contribution in [-0.4, -0.2) is 4.98 Å². The van der Waals surface area contributed by atoms with E-state index in [1.54, 1.807) is 6.07 Å². The number of rotatable bonds is 2. The highest BCUT2D eigenvalue weighted by Crippen LogP contribution is 2.31. The van der Waals surface area contributed by atoms with Gasteiger partial charge in [-0.15, -0.1) is 0 Å². The van der Waals surface area contributed by atoms with Gasteiger partial charge in [0, 0.05) is 5.69 Å². The summed E-state index contributed by atoms with van der Waals surface area (Å²) in [6.07, 6.45) is 0. The molecule has 0 atom stereocenters. The number of anilines is 1. The molecule has 2 rings (SSSR count). The second-order valence-electron chi connectivity index (χ2n) is 4.61. The number of hydrogen-bond donors (Lipinski definition) is 2. The average Bonchev–Trinajstić information content (AvgIpc) is 2.34. The van der Waals surface area contributed by atoms with Crippen LogP contribution in [0.2, 0.25) is 0 Å². The molecule has 0 saturated carbocycles. The van der Waals surface area contributed by atoms with Crippen LogP contribution in [0, 0.1) is 18.6 Å². The summed E-state index contributed by atoms with van der Waals surface area (Å²) in [6, 6.07) is 2.80. The molecular formula is C13H15F2N3. The molecule has 96 valence electrons. The number of hydrazine groups is 1. The van der Waals surface area contributed by atoms with Crippen LogP contribution in [0.3, 0.4) is 0 Å². The lowest BCUT2D eigenvalue weighted by Crippen LogP contribution is -2.10. The molecule has 0 aliphatic rings. The van der Waals surface area contributed by atoms with Gasteiger partial charge in [-0.05, 0) is 30.5 Å². The van der Waals surface area contributed by atoms with Crippen LogP contribution in [0.15, 0.2) is 12.1 Å². The van der Waals surface area contributed by atoms with E-state index in [-0.39, 0.29) is 22.4 Å². The maximum absolute atomic E-state index is 14.1. The third-order valence-electron chi connectivity index (χ3n) is 2.92. The Labute approximate surface area is 104 Å². The Morgan fingerprint density at radius 1 is 1.28 bits per heavy atom. The topological polar surface area (TPSA) is 50.9 Å². The minimum absolute atomic E-state index is 0.0113. The summed E-state index contributed by atoms with van der Waals surface area (Å²) in [6.45, 7) is 5.36. The highest BCUT2D eigenvalue weighted by atomic mass is 19.1. The Morgan fingerprint density at radius 2 is 1.94 bits per heavy atom. The van der Waals surface area contributed by atoms with Crippen LogP contribution in [-0.2, 0) is 0 Å². The molecule has 0 aliphatic heterocycles. The van der Waals surface area contributed by atoms with Crippen molar-refractivity contribution in [2.24, 2.45) is 5.84 Å². The number of nitrogen functional groups attached to an aromatic ring is 1. The fraction of sp³-hybridized carbons (Fsp3) is 0.308. The molecule has 3 N–H and O–H groups in total. The Balaban J connectivity index is 2.91. The van der Waals surface area contributed by atoms with Gasteiger partial charge in [0.05, 0.1) is 11.1 Å². The second-order valence-corrected chi connectivity index (χ2v) is 4.61. The highest BCUT2D eigenvalue weighted by molar-refractivity contribution is 5.92. The molecule has 1 heterocycles. The number of nitrogens with one attached hydrogen (secondary N) is 1. The maximum Gasteiger partial charge on any atom is 0.149 e. The number of aryl methyl sites for hydroxylation is 1. The van der Waals surface area contributed by atoms with Gasteiger partial charge in [-0.25, -0.2) is 13.8 Å². The first kappa shape index (κ1) is 12.7. The Bertz CT molecular complexity index is 609. The lowest BCUT2D eigenvalue weighted by Gasteiger charge is -2.13. The number of fused-ring (bicyclic) bond motifs is 1. The number of nitrogens with zero attached hydrogens (tertiary/aromatic N) is 1. The fourth-order valence-electron chi connectivity index (χ4n) is 1.89. The van der Waals surface area contributed by atoms with E-state index in [0.717, 1.165) is 6.07 Å². The van der Waals surface area contributed by atoms with Crippen LogP contribution in [0.1, 0.15) is 31.0 Å². The smallest absolute Gasteiger partial charge is 0.149 e. The zero-order valence-electron chi connectivity index (χ0n) is 10.5.